The van der Waals surface area contributed by atoms with Crippen molar-refractivity contribution in [3.63, 3.8) is 0 Å². The molecule has 4 heteroatoms. The molecule has 1 atom stereocenters. The minimum Gasteiger partial charge on any atom is -0.494 e. The lowest BCUT2D eigenvalue weighted by Gasteiger charge is -2.24. The molecule has 16 heavy (non-hydrogen) atoms. The molecule has 0 spiro atoms. The molecular formula is C12H16FNOS. The lowest BCUT2D eigenvalue weighted by atomic mass is 10.1. The van der Waals surface area contributed by atoms with Crippen molar-refractivity contribution < 1.29 is 9.13 Å². The summed E-state index contributed by atoms with van der Waals surface area (Å²) < 4.78 is 18.2. The van der Waals surface area contributed by atoms with Crippen LogP contribution in [0.4, 0.5) is 10.1 Å². The molecule has 0 amide bonds. The van der Waals surface area contributed by atoms with Gasteiger partial charge in [0.1, 0.15) is 11.6 Å². The van der Waals surface area contributed by atoms with Crippen LogP contribution >= 0.6 is 11.8 Å². The van der Waals surface area contributed by atoms with Gasteiger partial charge in [0.2, 0.25) is 0 Å². The van der Waals surface area contributed by atoms with Crippen LogP contribution in [0.25, 0.3) is 0 Å². The average Bonchev–Trinajstić information content (AvgIpc) is 2.33. The first-order chi connectivity index (χ1) is 7.79. The Morgan fingerprint density at radius 1 is 1.50 bits per heavy atom. The van der Waals surface area contributed by atoms with E-state index < -0.39 is 0 Å². The third-order valence-corrected chi connectivity index (χ3v) is 3.90. The highest BCUT2D eigenvalue weighted by atomic mass is 32.2. The largest absolute Gasteiger partial charge is 0.494 e. The average molecular weight is 241 g/mol. The monoisotopic (exact) mass is 241 g/mol. The quantitative estimate of drug-likeness (QED) is 0.878. The fourth-order valence-electron chi connectivity index (χ4n) is 1.86. The van der Waals surface area contributed by atoms with E-state index in [4.69, 9.17) is 4.74 Å². The summed E-state index contributed by atoms with van der Waals surface area (Å²) in [6, 6.07) is 5.09. The predicted octanol–water partition coefficient (Wildman–Crippen LogP) is 3.14. The summed E-state index contributed by atoms with van der Waals surface area (Å²) in [5, 5.41) is 3.42. The summed E-state index contributed by atoms with van der Waals surface area (Å²) in [4.78, 5) is 0. The van der Waals surface area contributed by atoms with E-state index in [9.17, 15) is 4.39 Å². The van der Waals surface area contributed by atoms with Crippen molar-refractivity contribution in [3.8, 4) is 5.75 Å². The van der Waals surface area contributed by atoms with E-state index >= 15 is 0 Å². The first-order valence-electron chi connectivity index (χ1n) is 5.47. The number of hydrogen-bond acceptors (Lipinski definition) is 3. The van der Waals surface area contributed by atoms with Crippen molar-refractivity contribution in [2.45, 2.75) is 18.9 Å². The van der Waals surface area contributed by atoms with Crippen molar-refractivity contribution in [2.75, 3.05) is 23.9 Å². The van der Waals surface area contributed by atoms with Crippen LogP contribution in [0.1, 0.15) is 12.8 Å². The zero-order valence-corrected chi connectivity index (χ0v) is 10.1. The second-order valence-electron chi connectivity index (χ2n) is 3.90. The van der Waals surface area contributed by atoms with E-state index in [1.165, 1.54) is 30.7 Å². The van der Waals surface area contributed by atoms with Crippen LogP contribution in [0, 0.1) is 5.82 Å². The smallest absolute Gasteiger partial charge is 0.144 e. The number of hydrogen-bond donors (Lipinski definition) is 1. The number of halogens is 1. The van der Waals surface area contributed by atoms with Gasteiger partial charge >= 0.3 is 0 Å². The third kappa shape index (κ3) is 2.82. The van der Waals surface area contributed by atoms with Crippen molar-refractivity contribution in [2.24, 2.45) is 0 Å². The number of rotatable bonds is 3. The molecule has 0 bridgehead atoms. The summed E-state index contributed by atoms with van der Waals surface area (Å²) in [7, 11) is 1.57. The molecule has 2 rings (SSSR count). The number of ether oxygens (including phenoxy) is 1. The molecule has 0 aliphatic carbocycles. The molecule has 1 aromatic carbocycles. The van der Waals surface area contributed by atoms with Gasteiger partial charge in [0.15, 0.2) is 0 Å². The highest BCUT2D eigenvalue weighted by Crippen LogP contribution is 2.28. The van der Waals surface area contributed by atoms with Gasteiger partial charge in [0.25, 0.3) is 0 Å². The molecular weight excluding hydrogens is 225 g/mol. The van der Waals surface area contributed by atoms with Gasteiger partial charge in [-0.15, -0.1) is 0 Å². The van der Waals surface area contributed by atoms with Crippen molar-refractivity contribution in [1.82, 2.24) is 0 Å². The van der Waals surface area contributed by atoms with Gasteiger partial charge in [-0.2, -0.15) is 11.8 Å². The van der Waals surface area contributed by atoms with Crippen molar-refractivity contribution in [3.05, 3.63) is 24.0 Å². The third-order valence-electron chi connectivity index (χ3n) is 2.68. The number of benzene rings is 1. The zero-order chi connectivity index (χ0) is 11.4. The van der Waals surface area contributed by atoms with Gasteiger partial charge in [0, 0.05) is 17.9 Å². The van der Waals surface area contributed by atoms with Crippen LogP contribution in [0.5, 0.6) is 5.75 Å². The molecule has 88 valence electrons. The zero-order valence-electron chi connectivity index (χ0n) is 9.33. The Kier molecular flexibility index (Phi) is 3.93. The maximum absolute atomic E-state index is 13.0. The standard InChI is InChI=1S/C12H16FNOS/c1-15-12-7-9(13)4-5-11(12)14-10-3-2-6-16-8-10/h4-5,7,10,14H,2-3,6,8H2,1H3. The van der Waals surface area contributed by atoms with Gasteiger partial charge in [-0.1, -0.05) is 0 Å². The molecule has 1 N–H and O–H groups in total. The Balaban J connectivity index is 2.07. The number of methoxy groups -OCH3 is 1. The van der Waals surface area contributed by atoms with Crippen molar-refractivity contribution in [1.29, 1.82) is 0 Å². The van der Waals surface area contributed by atoms with Gasteiger partial charge in [-0.3, -0.25) is 0 Å². The lowest BCUT2D eigenvalue weighted by molar-refractivity contribution is 0.412. The van der Waals surface area contributed by atoms with Gasteiger partial charge in [0.05, 0.1) is 12.8 Å². The molecule has 1 fully saturated rings. The van der Waals surface area contributed by atoms with Crippen molar-refractivity contribution >= 4 is 17.4 Å². The Hall–Kier alpha value is -0.900. The molecule has 1 aliphatic heterocycles. The summed E-state index contributed by atoms with van der Waals surface area (Å²) in [5.74, 6) is 2.68. The molecule has 1 saturated heterocycles. The highest BCUT2D eigenvalue weighted by Gasteiger charge is 2.15. The van der Waals surface area contributed by atoms with Crippen LogP contribution in [-0.4, -0.2) is 24.7 Å². The van der Waals surface area contributed by atoms with Crippen LogP contribution in [-0.2, 0) is 0 Å². The maximum Gasteiger partial charge on any atom is 0.144 e. The molecule has 0 aromatic heterocycles. The Labute approximate surface area is 99.6 Å². The minimum absolute atomic E-state index is 0.264. The van der Waals surface area contributed by atoms with E-state index in [0.29, 0.717) is 11.8 Å². The van der Waals surface area contributed by atoms with E-state index in [1.807, 2.05) is 11.8 Å². The van der Waals surface area contributed by atoms with E-state index in [1.54, 1.807) is 13.2 Å². The maximum atomic E-state index is 13.0. The van der Waals surface area contributed by atoms with Crippen LogP contribution in [0.2, 0.25) is 0 Å². The molecule has 1 aromatic rings. The van der Waals surface area contributed by atoms with Gasteiger partial charge in [-0.05, 0) is 30.7 Å². The Bertz CT molecular complexity index is 353. The second-order valence-corrected chi connectivity index (χ2v) is 5.05. The first-order valence-corrected chi connectivity index (χ1v) is 6.63. The first kappa shape index (κ1) is 11.6. The summed E-state index contributed by atoms with van der Waals surface area (Å²) >= 11 is 1.96. The molecule has 0 radical (unpaired) electrons. The molecule has 1 heterocycles. The fraction of sp³-hybridized carbons (Fsp3) is 0.500. The Morgan fingerprint density at radius 2 is 2.38 bits per heavy atom. The molecule has 1 unspecified atom stereocenters. The second kappa shape index (κ2) is 5.43. The minimum atomic E-state index is -0.264. The summed E-state index contributed by atoms with van der Waals surface area (Å²) in [6.07, 6.45) is 2.42. The highest BCUT2D eigenvalue weighted by molar-refractivity contribution is 7.99. The van der Waals surface area contributed by atoms with E-state index in [0.717, 1.165) is 11.4 Å². The topological polar surface area (TPSA) is 21.3 Å². The van der Waals surface area contributed by atoms with Gasteiger partial charge < -0.3 is 10.1 Å². The van der Waals surface area contributed by atoms with E-state index in [2.05, 4.69) is 5.32 Å². The lowest BCUT2D eigenvalue weighted by Crippen LogP contribution is -2.25. The SMILES string of the molecule is COc1cc(F)ccc1NC1CCCSC1. The Morgan fingerprint density at radius 3 is 3.06 bits per heavy atom. The fourth-order valence-corrected chi connectivity index (χ4v) is 2.93. The van der Waals surface area contributed by atoms with Gasteiger partial charge in [-0.25, -0.2) is 4.39 Å². The molecule has 2 nitrogen and oxygen atoms in total. The number of nitrogens with one attached hydrogen (secondary N) is 1. The normalized spacial score (nSPS) is 20.5. The van der Waals surface area contributed by atoms with Crippen LogP contribution in [0.15, 0.2) is 18.2 Å². The molecule has 1 aliphatic rings. The van der Waals surface area contributed by atoms with Crippen LogP contribution in [0.3, 0.4) is 0 Å². The summed E-state index contributed by atoms with van der Waals surface area (Å²) in [6.45, 7) is 0. The number of thioether (sulfide) groups is 1. The number of anilines is 1. The molecule has 0 saturated carbocycles. The van der Waals surface area contributed by atoms with Crippen LogP contribution < -0.4 is 10.1 Å². The van der Waals surface area contributed by atoms with E-state index in [-0.39, 0.29) is 5.82 Å². The predicted molar refractivity (Wildman–Crippen MR) is 66.9 cm³/mol. The summed E-state index contributed by atoms with van der Waals surface area (Å²) in [5.41, 5.74) is 0.886.